The predicted octanol–water partition coefficient (Wildman–Crippen LogP) is 2.62. The zero-order valence-electron chi connectivity index (χ0n) is 15.0. The highest BCUT2D eigenvalue weighted by molar-refractivity contribution is 7.53. The van der Waals surface area contributed by atoms with Gasteiger partial charge in [0.15, 0.2) is 0 Å². The average molecular weight is 384 g/mol. The molecule has 10 nitrogen and oxygen atoms in total. The Bertz CT molecular complexity index is 823. The molecule has 0 spiro atoms. The van der Waals surface area contributed by atoms with Crippen LogP contribution in [0, 0.1) is 4.91 Å². The van der Waals surface area contributed by atoms with Crippen LogP contribution in [-0.4, -0.2) is 51.1 Å². The van der Waals surface area contributed by atoms with Crippen LogP contribution in [0.1, 0.15) is 5.56 Å². The summed E-state index contributed by atoms with van der Waals surface area (Å²) in [4.78, 5) is 19.7. The first kappa shape index (κ1) is 20.2. The summed E-state index contributed by atoms with van der Waals surface area (Å²) in [7, 11) is 2.51. The van der Waals surface area contributed by atoms with E-state index in [1.54, 1.807) is 6.07 Å². The van der Waals surface area contributed by atoms with Gasteiger partial charge in [0.05, 0.1) is 31.4 Å². The van der Waals surface area contributed by atoms with Crippen LogP contribution < -0.4 is 14.8 Å². The van der Waals surface area contributed by atoms with Crippen LogP contribution in [0.2, 0.25) is 0 Å². The maximum atomic E-state index is 12.0. The smallest absolute Gasteiger partial charge is 0.331 e. The highest BCUT2D eigenvalue weighted by Gasteiger charge is 2.20. The van der Waals surface area contributed by atoms with E-state index >= 15 is 0 Å². The number of nitrogens with zero attached hydrogens (tertiary/aromatic N) is 3. The van der Waals surface area contributed by atoms with E-state index in [-0.39, 0.29) is 23.6 Å². The summed E-state index contributed by atoms with van der Waals surface area (Å²) < 4.78 is 32.1. The Morgan fingerprint density at radius 2 is 1.73 bits per heavy atom. The van der Waals surface area contributed by atoms with Crippen LogP contribution >= 0.6 is 7.60 Å². The quantitative estimate of drug-likeness (QED) is 0.374. The number of nitroso groups, excluding NO2 is 1. The maximum absolute atomic E-state index is 12.0. The Morgan fingerprint density at radius 3 is 2.31 bits per heavy atom. The summed E-state index contributed by atoms with van der Waals surface area (Å²) in [5.41, 5.74) is 1.91. The van der Waals surface area contributed by atoms with E-state index < -0.39 is 7.60 Å². The van der Waals surface area contributed by atoms with E-state index in [1.807, 2.05) is 0 Å². The van der Waals surface area contributed by atoms with E-state index in [4.69, 9.17) is 18.5 Å². The number of benzene rings is 1. The zero-order chi connectivity index (χ0) is 19.2. The number of methoxy groups -OCH3 is 2. The third kappa shape index (κ3) is 4.53. The van der Waals surface area contributed by atoms with E-state index in [1.165, 1.54) is 34.5 Å². The fourth-order valence-corrected chi connectivity index (χ4v) is 3.28. The van der Waals surface area contributed by atoms with Gasteiger partial charge in [0.2, 0.25) is 0 Å². The molecule has 2 aromatic rings. The van der Waals surface area contributed by atoms with E-state index in [2.05, 4.69) is 20.5 Å². The number of ether oxygens (including phenoxy) is 2. The summed E-state index contributed by atoms with van der Waals surface area (Å²) in [5, 5.41) is 6.09. The van der Waals surface area contributed by atoms with Crippen LogP contribution in [0.5, 0.6) is 11.8 Å². The van der Waals surface area contributed by atoms with Crippen molar-refractivity contribution in [2.24, 2.45) is 5.18 Å². The number of hydrogen-bond acceptors (Lipinski definition) is 10. The molecule has 0 saturated heterocycles. The first-order valence-electron chi connectivity index (χ1n) is 7.67. The van der Waals surface area contributed by atoms with Crippen molar-refractivity contribution in [2.75, 3.05) is 41.1 Å². The van der Waals surface area contributed by atoms with E-state index in [0.717, 1.165) is 0 Å². The molecule has 0 saturated carbocycles. The molecular formula is C15H21N4O6P. The van der Waals surface area contributed by atoms with Crippen molar-refractivity contribution in [3.8, 4) is 11.8 Å². The minimum Gasteiger partial charge on any atom is -0.477 e. The van der Waals surface area contributed by atoms with Crippen molar-refractivity contribution in [3.05, 3.63) is 22.6 Å². The van der Waals surface area contributed by atoms with Crippen LogP contribution in [-0.2, 0) is 20.2 Å². The second-order valence-electron chi connectivity index (χ2n) is 5.18. The highest BCUT2D eigenvalue weighted by atomic mass is 31.2. The average Bonchev–Trinajstić information content (AvgIpc) is 2.69. The van der Waals surface area contributed by atoms with E-state index in [9.17, 15) is 9.47 Å². The lowest BCUT2D eigenvalue weighted by Gasteiger charge is -2.14. The van der Waals surface area contributed by atoms with E-state index in [0.29, 0.717) is 29.7 Å². The van der Waals surface area contributed by atoms with Crippen molar-refractivity contribution < 1.29 is 23.1 Å². The molecule has 1 aromatic carbocycles. The lowest BCUT2D eigenvalue weighted by atomic mass is 10.1. The van der Waals surface area contributed by atoms with Crippen molar-refractivity contribution in [2.45, 2.75) is 6.54 Å². The third-order valence-corrected chi connectivity index (χ3v) is 5.58. The second-order valence-corrected chi connectivity index (χ2v) is 7.58. The van der Waals surface area contributed by atoms with Crippen LogP contribution in [0.3, 0.4) is 0 Å². The van der Waals surface area contributed by atoms with Crippen molar-refractivity contribution in [1.82, 2.24) is 15.3 Å². The predicted molar refractivity (Wildman–Crippen MR) is 96.3 cm³/mol. The van der Waals surface area contributed by atoms with Gasteiger partial charge in [-0.25, -0.2) is 9.97 Å². The first-order chi connectivity index (χ1) is 12.5. The summed E-state index contributed by atoms with van der Waals surface area (Å²) in [6.45, 7) is 0.720. The van der Waals surface area contributed by atoms with Gasteiger partial charge in [-0.2, -0.15) is 0 Å². The van der Waals surface area contributed by atoms with Crippen molar-refractivity contribution >= 4 is 24.3 Å². The van der Waals surface area contributed by atoms with Gasteiger partial charge in [-0.1, -0.05) is 0 Å². The molecule has 0 fully saturated rings. The number of rotatable bonds is 10. The molecule has 0 bridgehead atoms. The summed E-state index contributed by atoms with van der Waals surface area (Å²) in [6.07, 6.45) is 0.201. The number of hydrogen-bond donors (Lipinski definition) is 1. The molecule has 1 N–H and O–H groups in total. The molecule has 26 heavy (non-hydrogen) atoms. The number of nitrogens with one attached hydrogen (secondary N) is 1. The highest BCUT2D eigenvalue weighted by Crippen LogP contribution is 2.45. The van der Waals surface area contributed by atoms with Gasteiger partial charge in [-0.15, -0.1) is 4.91 Å². The lowest BCUT2D eigenvalue weighted by molar-refractivity contribution is 0.275. The zero-order valence-corrected chi connectivity index (χ0v) is 15.9. The third-order valence-electron chi connectivity index (χ3n) is 3.70. The minimum atomic E-state index is -3.08. The number of fused-ring (bicyclic) bond motifs is 1. The Hall–Kier alpha value is -2.13. The molecule has 0 atom stereocenters. The van der Waals surface area contributed by atoms with Gasteiger partial charge in [0.25, 0.3) is 11.8 Å². The fraction of sp³-hybridized carbons (Fsp3) is 0.467. The second kappa shape index (κ2) is 9.00. The molecule has 1 heterocycles. The van der Waals surface area contributed by atoms with Gasteiger partial charge in [0, 0.05) is 27.3 Å². The Kier molecular flexibility index (Phi) is 6.98. The van der Waals surface area contributed by atoms with Crippen molar-refractivity contribution in [3.63, 3.8) is 0 Å². The minimum absolute atomic E-state index is 0.201. The van der Waals surface area contributed by atoms with Gasteiger partial charge >= 0.3 is 7.60 Å². The molecule has 0 amide bonds. The van der Waals surface area contributed by atoms with Gasteiger partial charge < -0.3 is 23.8 Å². The molecular weight excluding hydrogens is 363 g/mol. The fourth-order valence-electron chi connectivity index (χ4n) is 2.33. The molecule has 0 aliphatic rings. The SMILES string of the molecule is COc1nc2cc(N=O)cc(CNCCP(=O)(OC)OC)c2nc1OC. The monoisotopic (exact) mass is 384 g/mol. The lowest BCUT2D eigenvalue weighted by Crippen LogP contribution is -2.19. The molecule has 142 valence electrons. The molecule has 0 aliphatic carbocycles. The molecule has 0 unspecified atom stereocenters. The normalized spacial score (nSPS) is 11.5. The maximum Gasteiger partial charge on any atom is 0.331 e. The molecule has 11 heteroatoms. The molecule has 0 radical (unpaired) electrons. The first-order valence-corrected chi connectivity index (χ1v) is 9.40. The Morgan fingerprint density at radius 1 is 1.08 bits per heavy atom. The van der Waals surface area contributed by atoms with Gasteiger partial charge in [-0.05, 0) is 22.9 Å². The Labute approximate surface area is 150 Å². The molecule has 0 aliphatic heterocycles. The largest absolute Gasteiger partial charge is 0.477 e. The van der Waals surface area contributed by atoms with Gasteiger partial charge in [0.1, 0.15) is 5.69 Å². The summed E-state index contributed by atoms with van der Waals surface area (Å²) in [6, 6.07) is 3.12. The summed E-state index contributed by atoms with van der Waals surface area (Å²) >= 11 is 0. The molecule has 2 rings (SSSR count). The standard InChI is InChI=1S/C15H21N4O6P/c1-22-14-15(23-2)18-13-10(7-11(19-20)8-12(13)17-14)9-16-5-6-26(21,24-3)25-4/h7-8,16H,5-6,9H2,1-4H3. The van der Waals surface area contributed by atoms with Crippen LogP contribution in [0.4, 0.5) is 5.69 Å². The Balaban J connectivity index is 2.27. The molecule has 1 aromatic heterocycles. The van der Waals surface area contributed by atoms with Gasteiger partial charge in [-0.3, -0.25) is 4.57 Å². The summed E-state index contributed by atoms with van der Waals surface area (Å²) in [5.74, 6) is 0.444. The number of aromatic nitrogens is 2. The van der Waals surface area contributed by atoms with Crippen LogP contribution in [0.15, 0.2) is 17.3 Å². The topological polar surface area (TPSA) is 121 Å². The van der Waals surface area contributed by atoms with Crippen molar-refractivity contribution in [1.29, 1.82) is 0 Å². The van der Waals surface area contributed by atoms with Crippen LogP contribution in [0.25, 0.3) is 11.0 Å².